The maximum atomic E-state index is 3.81. The first-order chi connectivity index (χ1) is 11.4. The van der Waals surface area contributed by atoms with Gasteiger partial charge in [0.05, 0.1) is 0 Å². The SMILES string of the molecule is CCCCCCCCCCCSC#C[Si](C(C)C)(C(C)C)C(C)C. The molecule has 2 heteroatoms. The Labute approximate surface area is 159 Å². The van der Waals surface area contributed by atoms with Crippen molar-refractivity contribution in [1.82, 2.24) is 0 Å². The summed E-state index contributed by atoms with van der Waals surface area (Å²) >= 11 is 1.88. The molecule has 0 fully saturated rings. The van der Waals surface area contributed by atoms with Crippen molar-refractivity contribution in [3.8, 4) is 10.8 Å². The Bertz CT molecular complexity index is 327. The zero-order valence-electron chi connectivity index (χ0n) is 17.7. The van der Waals surface area contributed by atoms with E-state index in [-0.39, 0.29) is 0 Å². The summed E-state index contributed by atoms with van der Waals surface area (Å²) in [4.78, 5) is 0. The monoisotopic (exact) mass is 368 g/mol. The Morgan fingerprint density at radius 2 is 1.08 bits per heavy atom. The highest BCUT2D eigenvalue weighted by molar-refractivity contribution is 8.03. The first kappa shape index (κ1) is 24.1. The highest BCUT2D eigenvalue weighted by Crippen LogP contribution is 2.40. The van der Waals surface area contributed by atoms with Crippen molar-refractivity contribution in [3.05, 3.63) is 0 Å². The summed E-state index contributed by atoms with van der Waals surface area (Å²) in [5.74, 6) is 1.22. The van der Waals surface area contributed by atoms with Crippen LogP contribution in [0.5, 0.6) is 0 Å². The van der Waals surface area contributed by atoms with Gasteiger partial charge in [-0.15, -0.1) is 5.54 Å². The van der Waals surface area contributed by atoms with E-state index in [4.69, 9.17) is 0 Å². The van der Waals surface area contributed by atoms with Gasteiger partial charge >= 0.3 is 0 Å². The predicted molar refractivity (Wildman–Crippen MR) is 119 cm³/mol. The molecule has 142 valence electrons. The van der Waals surface area contributed by atoms with Crippen LogP contribution < -0.4 is 0 Å². The number of hydrogen-bond donors (Lipinski definition) is 0. The molecule has 0 radical (unpaired) electrons. The zero-order chi connectivity index (χ0) is 18.4. The molecule has 0 aliphatic rings. The van der Waals surface area contributed by atoms with E-state index >= 15 is 0 Å². The van der Waals surface area contributed by atoms with E-state index in [1.54, 1.807) is 0 Å². The summed E-state index contributed by atoms with van der Waals surface area (Å²) in [5.41, 5.74) is 6.06. The molecule has 0 amide bonds. The summed E-state index contributed by atoms with van der Waals surface area (Å²) in [7, 11) is -1.51. The molecule has 0 saturated carbocycles. The van der Waals surface area contributed by atoms with E-state index in [1.165, 1.54) is 63.5 Å². The van der Waals surface area contributed by atoms with E-state index < -0.39 is 8.07 Å². The van der Waals surface area contributed by atoms with Crippen LogP contribution in [0.4, 0.5) is 0 Å². The molecule has 0 spiro atoms. The minimum absolute atomic E-state index is 0.748. The molecule has 0 N–H and O–H groups in total. The van der Waals surface area contributed by atoms with Gasteiger partial charge in [-0.3, -0.25) is 0 Å². The largest absolute Gasteiger partial charge is 0.147 e. The van der Waals surface area contributed by atoms with E-state index in [1.807, 2.05) is 11.8 Å². The van der Waals surface area contributed by atoms with Crippen LogP contribution in [0, 0.1) is 10.8 Å². The van der Waals surface area contributed by atoms with Crippen LogP contribution in [-0.4, -0.2) is 13.8 Å². The fourth-order valence-electron chi connectivity index (χ4n) is 4.09. The third-order valence-corrected chi connectivity index (χ3v) is 12.8. The van der Waals surface area contributed by atoms with Gasteiger partial charge in [0.1, 0.15) is 8.07 Å². The van der Waals surface area contributed by atoms with Crippen molar-refractivity contribution in [2.24, 2.45) is 0 Å². The smallest absolute Gasteiger partial charge is 0.119 e. The van der Waals surface area contributed by atoms with Crippen molar-refractivity contribution in [2.75, 3.05) is 5.75 Å². The Hall–Kier alpha value is 0.127. The normalized spacial score (nSPS) is 12.1. The average molecular weight is 369 g/mol. The van der Waals surface area contributed by atoms with Crippen molar-refractivity contribution in [1.29, 1.82) is 0 Å². The van der Waals surface area contributed by atoms with Crippen LogP contribution in [-0.2, 0) is 0 Å². The Balaban J connectivity index is 3.96. The first-order valence-electron chi connectivity index (χ1n) is 10.5. The molecular formula is C22H44SSi. The van der Waals surface area contributed by atoms with Gasteiger partial charge in [0, 0.05) is 5.75 Å². The molecule has 0 aromatic rings. The Morgan fingerprint density at radius 1 is 0.667 bits per heavy atom. The summed E-state index contributed by atoms with van der Waals surface area (Å²) in [6.07, 6.45) is 12.7. The van der Waals surface area contributed by atoms with Crippen molar-refractivity contribution in [3.63, 3.8) is 0 Å². The maximum absolute atomic E-state index is 3.81. The number of thioether (sulfide) groups is 1. The average Bonchev–Trinajstić information content (AvgIpc) is 2.51. The third kappa shape index (κ3) is 9.00. The van der Waals surface area contributed by atoms with Gasteiger partial charge in [0.15, 0.2) is 0 Å². The minimum Gasteiger partial charge on any atom is -0.119 e. The second kappa shape index (κ2) is 14.3. The van der Waals surface area contributed by atoms with Crippen molar-refractivity contribution < 1.29 is 0 Å². The van der Waals surface area contributed by atoms with Gasteiger partial charge in [-0.25, -0.2) is 0 Å². The minimum atomic E-state index is -1.51. The molecule has 0 aromatic heterocycles. The van der Waals surface area contributed by atoms with E-state index in [2.05, 4.69) is 59.3 Å². The quantitative estimate of drug-likeness (QED) is 0.178. The van der Waals surface area contributed by atoms with Gasteiger partial charge in [0.25, 0.3) is 0 Å². The van der Waals surface area contributed by atoms with Crippen LogP contribution in [0.25, 0.3) is 0 Å². The third-order valence-electron chi connectivity index (χ3n) is 5.56. The van der Waals surface area contributed by atoms with Crippen LogP contribution in [0.1, 0.15) is 106 Å². The maximum Gasteiger partial charge on any atom is 0.147 e. The van der Waals surface area contributed by atoms with Gasteiger partial charge < -0.3 is 0 Å². The van der Waals surface area contributed by atoms with Crippen molar-refractivity contribution >= 4 is 19.8 Å². The number of unbranched alkanes of at least 4 members (excludes halogenated alkanes) is 8. The lowest BCUT2D eigenvalue weighted by molar-refractivity contribution is 0.573. The van der Waals surface area contributed by atoms with Crippen LogP contribution in [0.2, 0.25) is 16.6 Å². The van der Waals surface area contributed by atoms with E-state index in [9.17, 15) is 0 Å². The summed E-state index contributed by atoms with van der Waals surface area (Å²) < 4.78 is 0. The van der Waals surface area contributed by atoms with E-state index in [0.29, 0.717) is 0 Å². The fraction of sp³-hybridized carbons (Fsp3) is 0.909. The lowest BCUT2D eigenvalue weighted by Gasteiger charge is -2.37. The van der Waals surface area contributed by atoms with Gasteiger partial charge in [0.2, 0.25) is 0 Å². The topological polar surface area (TPSA) is 0 Å². The Kier molecular flexibility index (Phi) is 14.4. The second-order valence-corrected chi connectivity index (χ2v) is 14.8. The highest BCUT2D eigenvalue weighted by atomic mass is 32.2. The van der Waals surface area contributed by atoms with Crippen LogP contribution in [0.15, 0.2) is 0 Å². The lowest BCUT2D eigenvalue weighted by Crippen LogP contribution is -2.43. The van der Waals surface area contributed by atoms with Gasteiger partial charge in [-0.2, -0.15) is 0 Å². The molecule has 24 heavy (non-hydrogen) atoms. The van der Waals surface area contributed by atoms with E-state index in [0.717, 1.165) is 16.6 Å². The summed E-state index contributed by atoms with van der Waals surface area (Å²) in [6.45, 7) is 16.7. The molecular weight excluding hydrogens is 324 g/mol. The van der Waals surface area contributed by atoms with Gasteiger partial charge in [-0.05, 0) is 28.3 Å². The standard InChI is InChI=1S/C22H44SSi/c1-8-9-10-11-12-13-14-15-16-17-23-18-19-24(20(2)3,21(4)5)22(6)7/h20-22H,8-17H2,1-7H3. The zero-order valence-corrected chi connectivity index (χ0v) is 19.5. The molecule has 0 nitrogen and oxygen atoms in total. The molecule has 0 atom stereocenters. The summed E-state index contributed by atoms with van der Waals surface area (Å²) in [6, 6.07) is 0. The number of rotatable bonds is 13. The Morgan fingerprint density at radius 3 is 1.50 bits per heavy atom. The van der Waals surface area contributed by atoms with Crippen LogP contribution >= 0.6 is 11.8 Å². The van der Waals surface area contributed by atoms with Gasteiger partial charge in [-0.1, -0.05) is 112 Å². The molecule has 0 unspecified atom stereocenters. The van der Waals surface area contributed by atoms with Crippen molar-refractivity contribution in [2.45, 2.75) is 123 Å². The molecule has 0 saturated heterocycles. The molecule has 0 aliphatic heterocycles. The molecule has 0 bridgehead atoms. The lowest BCUT2D eigenvalue weighted by atomic mass is 10.1. The van der Waals surface area contributed by atoms with Crippen LogP contribution in [0.3, 0.4) is 0 Å². The first-order valence-corrected chi connectivity index (χ1v) is 13.7. The second-order valence-electron chi connectivity index (χ2n) is 8.30. The molecule has 0 rings (SSSR count). The molecule has 0 aromatic carbocycles. The number of hydrogen-bond acceptors (Lipinski definition) is 1. The highest BCUT2D eigenvalue weighted by Gasteiger charge is 2.41. The summed E-state index contributed by atoms with van der Waals surface area (Å²) in [5, 5.41) is 3.52. The fourth-order valence-corrected chi connectivity index (χ4v) is 10.4. The molecule has 0 heterocycles. The molecule has 0 aliphatic carbocycles. The predicted octanol–water partition coefficient (Wildman–Crippen LogP) is 8.43.